The van der Waals surface area contributed by atoms with E-state index >= 15 is 0 Å². The fourth-order valence-corrected chi connectivity index (χ4v) is 3.17. The highest BCUT2D eigenvalue weighted by Crippen LogP contribution is 2.20. The lowest BCUT2D eigenvalue weighted by Gasteiger charge is -2.01. The third-order valence-corrected chi connectivity index (χ3v) is 4.58. The fourth-order valence-electron chi connectivity index (χ4n) is 2.42. The monoisotopic (exact) mass is 312 g/mol. The number of fused-ring (bicyclic) bond motifs is 1. The van der Waals surface area contributed by atoms with E-state index in [4.69, 9.17) is 0 Å². The molecule has 2 aromatic heterocycles. The standard InChI is InChI=1S/C16H16N4OS/c1-10-15(22-9-17-10)11(2)18-19-16(21)13-8-20(3)14-7-5-4-6-12(13)14/h4-9H,1-3H3,(H,19,21)/b18-11+. The number of hydrogen-bond acceptors (Lipinski definition) is 4. The maximum atomic E-state index is 12.4. The molecule has 5 nitrogen and oxygen atoms in total. The number of aromatic nitrogens is 2. The summed E-state index contributed by atoms with van der Waals surface area (Å²) in [6, 6.07) is 7.81. The smallest absolute Gasteiger partial charge is 0.273 e. The number of para-hydroxylation sites is 1. The fraction of sp³-hybridized carbons (Fsp3) is 0.188. The summed E-state index contributed by atoms with van der Waals surface area (Å²) < 4.78 is 1.94. The van der Waals surface area contributed by atoms with Gasteiger partial charge in [-0.25, -0.2) is 10.4 Å². The molecule has 1 aromatic carbocycles. The van der Waals surface area contributed by atoms with Crippen molar-refractivity contribution < 1.29 is 4.79 Å². The summed E-state index contributed by atoms with van der Waals surface area (Å²) in [6.07, 6.45) is 1.82. The summed E-state index contributed by atoms with van der Waals surface area (Å²) in [4.78, 5) is 17.6. The van der Waals surface area contributed by atoms with Crippen LogP contribution in [0.5, 0.6) is 0 Å². The Morgan fingerprint density at radius 1 is 1.36 bits per heavy atom. The van der Waals surface area contributed by atoms with Crippen molar-refractivity contribution >= 4 is 33.9 Å². The minimum absolute atomic E-state index is 0.210. The number of benzene rings is 1. The van der Waals surface area contributed by atoms with E-state index in [0.717, 1.165) is 27.2 Å². The van der Waals surface area contributed by atoms with E-state index in [0.29, 0.717) is 5.56 Å². The Morgan fingerprint density at radius 2 is 2.14 bits per heavy atom. The average molecular weight is 312 g/mol. The summed E-state index contributed by atoms with van der Waals surface area (Å²) >= 11 is 1.51. The van der Waals surface area contributed by atoms with Gasteiger partial charge in [0.15, 0.2) is 0 Å². The van der Waals surface area contributed by atoms with Crippen LogP contribution in [0.4, 0.5) is 0 Å². The van der Waals surface area contributed by atoms with Gasteiger partial charge in [-0.05, 0) is 19.9 Å². The van der Waals surface area contributed by atoms with E-state index in [2.05, 4.69) is 15.5 Å². The second-order valence-electron chi connectivity index (χ2n) is 5.08. The lowest BCUT2D eigenvalue weighted by atomic mass is 10.2. The molecule has 3 rings (SSSR count). The lowest BCUT2D eigenvalue weighted by molar-refractivity contribution is 0.0956. The minimum Gasteiger partial charge on any atom is -0.350 e. The maximum Gasteiger partial charge on any atom is 0.273 e. The van der Waals surface area contributed by atoms with Crippen molar-refractivity contribution in [3.63, 3.8) is 0 Å². The molecule has 2 heterocycles. The SMILES string of the molecule is C/C(=N\NC(=O)c1cn(C)c2ccccc12)c1scnc1C. The Hall–Kier alpha value is -2.47. The van der Waals surface area contributed by atoms with Crippen molar-refractivity contribution in [1.29, 1.82) is 0 Å². The van der Waals surface area contributed by atoms with Crippen LogP contribution >= 0.6 is 11.3 Å². The van der Waals surface area contributed by atoms with Gasteiger partial charge in [0.25, 0.3) is 5.91 Å². The Kier molecular flexibility index (Phi) is 3.77. The predicted molar refractivity (Wildman–Crippen MR) is 89.4 cm³/mol. The largest absolute Gasteiger partial charge is 0.350 e. The number of carbonyl (C=O) groups excluding carboxylic acids is 1. The molecule has 6 heteroatoms. The first-order valence-corrected chi connectivity index (χ1v) is 7.75. The zero-order valence-electron chi connectivity index (χ0n) is 12.6. The molecule has 0 saturated heterocycles. The van der Waals surface area contributed by atoms with Crippen LogP contribution in [-0.4, -0.2) is 21.2 Å². The molecule has 22 heavy (non-hydrogen) atoms. The van der Waals surface area contributed by atoms with Crippen molar-refractivity contribution in [1.82, 2.24) is 15.0 Å². The van der Waals surface area contributed by atoms with Gasteiger partial charge in [0.05, 0.1) is 27.4 Å². The molecule has 0 bridgehead atoms. The molecule has 0 spiro atoms. The van der Waals surface area contributed by atoms with Crippen molar-refractivity contribution in [3.05, 3.63) is 52.1 Å². The molecule has 1 amide bonds. The number of amides is 1. The Bertz CT molecular complexity index is 875. The second-order valence-corrected chi connectivity index (χ2v) is 5.93. The number of carbonyl (C=O) groups is 1. The first-order chi connectivity index (χ1) is 10.6. The van der Waals surface area contributed by atoms with E-state index in [9.17, 15) is 4.79 Å². The zero-order valence-corrected chi connectivity index (χ0v) is 13.4. The van der Waals surface area contributed by atoms with E-state index in [1.54, 1.807) is 5.51 Å². The Morgan fingerprint density at radius 3 is 2.86 bits per heavy atom. The molecule has 0 atom stereocenters. The van der Waals surface area contributed by atoms with E-state index in [1.807, 2.05) is 55.9 Å². The first kappa shape index (κ1) is 14.5. The summed E-state index contributed by atoms with van der Waals surface area (Å²) in [7, 11) is 1.92. The number of hydrazone groups is 1. The highest BCUT2D eigenvalue weighted by atomic mass is 32.1. The van der Waals surface area contributed by atoms with Crippen LogP contribution in [0.15, 0.2) is 41.1 Å². The molecule has 0 unspecified atom stereocenters. The minimum atomic E-state index is -0.210. The second kappa shape index (κ2) is 5.73. The van der Waals surface area contributed by atoms with Gasteiger partial charge in [-0.2, -0.15) is 5.10 Å². The molecule has 0 aliphatic heterocycles. The molecular formula is C16H16N4OS. The molecule has 0 radical (unpaired) electrons. The topological polar surface area (TPSA) is 59.3 Å². The van der Waals surface area contributed by atoms with Crippen LogP contribution in [0.3, 0.4) is 0 Å². The Balaban J connectivity index is 1.87. The van der Waals surface area contributed by atoms with Crippen LogP contribution in [0.25, 0.3) is 10.9 Å². The molecule has 112 valence electrons. The normalized spacial score (nSPS) is 11.9. The summed E-state index contributed by atoms with van der Waals surface area (Å²) in [6.45, 7) is 3.79. The molecule has 0 aliphatic carbocycles. The highest BCUT2D eigenvalue weighted by Gasteiger charge is 2.13. The molecule has 0 aliphatic rings. The van der Waals surface area contributed by atoms with E-state index < -0.39 is 0 Å². The van der Waals surface area contributed by atoms with Gasteiger partial charge in [0.1, 0.15) is 0 Å². The summed E-state index contributed by atoms with van der Waals surface area (Å²) in [5.41, 5.74) is 7.73. The molecule has 0 fully saturated rings. The van der Waals surface area contributed by atoms with E-state index in [-0.39, 0.29) is 5.91 Å². The van der Waals surface area contributed by atoms with Gasteiger partial charge in [-0.1, -0.05) is 18.2 Å². The average Bonchev–Trinajstić information content (AvgIpc) is 3.09. The van der Waals surface area contributed by atoms with Crippen LogP contribution in [-0.2, 0) is 7.05 Å². The third-order valence-electron chi connectivity index (χ3n) is 3.54. The third kappa shape index (κ3) is 2.53. The van der Waals surface area contributed by atoms with Gasteiger partial charge in [-0.15, -0.1) is 11.3 Å². The summed E-state index contributed by atoms with van der Waals surface area (Å²) in [5, 5.41) is 5.12. The van der Waals surface area contributed by atoms with Gasteiger partial charge >= 0.3 is 0 Å². The summed E-state index contributed by atoms with van der Waals surface area (Å²) in [5.74, 6) is -0.210. The van der Waals surface area contributed by atoms with E-state index in [1.165, 1.54) is 11.3 Å². The number of thiazole rings is 1. The number of aryl methyl sites for hydroxylation is 2. The Labute approximate surface area is 132 Å². The predicted octanol–water partition coefficient (Wildman–Crippen LogP) is 3.10. The van der Waals surface area contributed by atoms with Gasteiger partial charge in [0, 0.05) is 24.1 Å². The maximum absolute atomic E-state index is 12.4. The molecule has 3 aromatic rings. The first-order valence-electron chi connectivity index (χ1n) is 6.87. The van der Waals surface area contributed by atoms with Crippen molar-refractivity contribution in [2.75, 3.05) is 0 Å². The number of hydrogen-bond donors (Lipinski definition) is 1. The van der Waals surface area contributed by atoms with Crippen LogP contribution in [0, 0.1) is 6.92 Å². The number of nitrogens with zero attached hydrogens (tertiary/aromatic N) is 3. The van der Waals surface area contributed by atoms with Gasteiger partial charge < -0.3 is 4.57 Å². The quantitative estimate of drug-likeness (QED) is 0.597. The van der Waals surface area contributed by atoms with Crippen LogP contribution in [0.2, 0.25) is 0 Å². The lowest BCUT2D eigenvalue weighted by Crippen LogP contribution is -2.19. The highest BCUT2D eigenvalue weighted by molar-refractivity contribution is 7.12. The number of rotatable bonds is 3. The van der Waals surface area contributed by atoms with Crippen molar-refractivity contribution in [3.8, 4) is 0 Å². The van der Waals surface area contributed by atoms with Crippen molar-refractivity contribution in [2.45, 2.75) is 13.8 Å². The van der Waals surface area contributed by atoms with Crippen LogP contribution in [0.1, 0.15) is 27.9 Å². The zero-order chi connectivity index (χ0) is 15.7. The number of nitrogens with one attached hydrogen (secondary N) is 1. The van der Waals surface area contributed by atoms with Gasteiger partial charge in [-0.3, -0.25) is 4.79 Å². The molecule has 1 N–H and O–H groups in total. The van der Waals surface area contributed by atoms with Gasteiger partial charge in [0.2, 0.25) is 0 Å². The van der Waals surface area contributed by atoms with Crippen molar-refractivity contribution in [2.24, 2.45) is 12.1 Å². The molecular weight excluding hydrogens is 296 g/mol. The van der Waals surface area contributed by atoms with Crippen LogP contribution < -0.4 is 5.43 Å². The molecule has 0 saturated carbocycles.